The number of methoxy groups -OCH3 is 1. The van der Waals surface area contributed by atoms with Gasteiger partial charge in [-0.25, -0.2) is 0 Å². The maximum Gasteiger partial charge on any atom is 0.246 e. The van der Waals surface area contributed by atoms with Crippen LogP contribution in [0.4, 0.5) is 0 Å². The van der Waals surface area contributed by atoms with Gasteiger partial charge in [0.15, 0.2) is 0 Å². The fourth-order valence-electron chi connectivity index (χ4n) is 2.31. The van der Waals surface area contributed by atoms with Crippen molar-refractivity contribution in [3.05, 3.63) is 34.9 Å². The zero-order valence-corrected chi connectivity index (χ0v) is 13.5. The number of nitrogens with two attached hydrogens (primary N) is 1. The molecule has 1 unspecified atom stereocenters. The van der Waals surface area contributed by atoms with Crippen molar-refractivity contribution in [1.29, 1.82) is 0 Å². The number of hydrogen-bond donors (Lipinski definition) is 1. The SMILES string of the molecule is COc1ccc(Cl)cc1C=CC(=O)N1CCCC(N)C1.Cl. The first kappa shape index (κ1) is 17.8. The summed E-state index contributed by atoms with van der Waals surface area (Å²) >= 11 is 5.96. The molecule has 1 aromatic rings. The quantitative estimate of drug-likeness (QED) is 0.867. The van der Waals surface area contributed by atoms with E-state index in [0.29, 0.717) is 17.3 Å². The molecule has 0 saturated carbocycles. The van der Waals surface area contributed by atoms with Crippen LogP contribution < -0.4 is 10.5 Å². The number of likely N-dealkylation sites (tertiary alicyclic amines) is 1. The fourth-order valence-corrected chi connectivity index (χ4v) is 2.49. The molecule has 0 bridgehead atoms. The highest BCUT2D eigenvalue weighted by Gasteiger charge is 2.19. The van der Waals surface area contributed by atoms with Crippen LogP contribution in [0.2, 0.25) is 5.02 Å². The van der Waals surface area contributed by atoms with Gasteiger partial charge in [0.05, 0.1) is 7.11 Å². The number of carbonyl (C=O) groups excluding carboxylic acids is 1. The minimum Gasteiger partial charge on any atom is -0.496 e. The largest absolute Gasteiger partial charge is 0.496 e. The lowest BCUT2D eigenvalue weighted by atomic mass is 10.1. The maximum atomic E-state index is 12.1. The Morgan fingerprint density at radius 2 is 2.29 bits per heavy atom. The predicted octanol–water partition coefficient (Wildman–Crippen LogP) is 2.73. The van der Waals surface area contributed by atoms with Crippen molar-refractivity contribution < 1.29 is 9.53 Å². The molecule has 1 saturated heterocycles. The summed E-state index contributed by atoms with van der Waals surface area (Å²) in [7, 11) is 1.59. The fraction of sp³-hybridized carbons (Fsp3) is 0.400. The predicted molar refractivity (Wildman–Crippen MR) is 88.1 cm³/mol. The topological polar surface area (TPSA) is 55.6 Å². The number of ether oxygens (including phenoxy) is 1. The third-order valence-corrected chi connectivity index (χ3v) is 3.60. The number of amides is 1. The monoisotopic (exact) mass is 330 g/mol. The second-order valence-corrected chi connectivity index (χ2v) is 5.34. The van der Waals surface area contributed by atoms with E-state index in [1.54, 1.807) is 42.4 Å². The van der Waals surface area contributed by atoms with Gasteiger partial charge in [-0.3, -0.25) is 4.79 Å². The van der Waals surface area contributed by atoms with Gasteiger partial charge in [0.25, 0.3) is 0 Å². The lowest BCUT2D eigenvalue weighted by Crippen LogP contribution is -2.45. The zero-order valence-electron chi connectivity index (χ0n) is 11.9. The highest BCUT2D eigenvalue weighted by molar-refractivity contribution is 6.30. The van der Waals surface area contributed by atoms with Crippen molar-refractivity contribution >= 4 is 36.0 Å². The van der Waals surface area contributed by atoms with Crippen molar-refractivity contribution in [2.24, 2.45) is 5.73 Å². The first-order chi connectivity index (χ1) is 9.60. The number of rotatable bonds is 3. The number of hydrogen-bond acceptors (Lipinski definition) is 3. The van der Waals surface area contributed by atoms with Crippen molar-refractivity contribution in [1.82, 2.24) is 4.90 Å². The number of piperidine rings is 1. The molecule has 0 radical (unpaired) electrons. The average molecular weight is 331 g/mol. The summed E-state index contributed by atoms with van der Waals surface area (Å²) in [6, 6.07) is 5.39. The van der Waals surface area contributed by atoms with Gasteiger partial charge in [-0.1, -0.05) is 11.6 Å². The first-order valence-electron chi connectivity index (χ1n) is 6.66. The van der Waals surface area contributed by atoms with Crippen LogP contribution >= 0.6 is 24.0 Å². The van der Waals surface area contributed by atoms with E-state index < -0.39 is 0 Å². The van der Waals surface area contributed by atoms with Crippen molar-refractivity contribution in [3.8, 4) is 5.75 Å². The molecule has 1 aliphatic rings. The third-order valence-electron chi connectivity index (χ3n) is 3.37. The summed E-state index contributed by atoms with van der Waals surface area (Å²) in [6.07, 6.45) is 5.22. The Kier molecular flexibility index (Phi) is 7.02. The molecule has 1 atom stereocenters. The van der Waals surface area contributed by atoms with Crippen molar-refractivity contribution in [2.45, 2.75) is 18.9 Å². The minimum absolute atomic E-state index is 0. The molecule has 0 spiro atoms. The van der Waals surface area contributed by atoms with Gasteiger partial charge < -0.3 is 15.4 Å². The molecule has 116 valence electrons. The molecule has 0 aliphatic carbocycles. The van der Waals surface area contributed by atoms with E-state index in [9.17, 15) is 4.79 Å². The normalized spacial score (nSPS) is 18.4. The molecule has 1 heterocycles. The minimum atomic E-state index is -0.0258. The lowest BCUT2D eigenvalue weighted by molar-refractivity contribution is -0.127. The van der Waals surface area contributed by atoms with Gasteiger partial charge in [0, 0.05) is 35.8 Å². The van der Waals surface area contributed by atoms with E-state index in [2.05, 4.69) is 0 Å². The number of carbonyl (C=O) groups is 1. The molecule has 4 nitrogen and oxygen atoms in total. The molecule has 0 aromatic heterocycles. The van der Waals surface area contributed by atoms with Gasteiger partial charge in [0.1, 0.15) is 5.75 Å². The first-order valence-corrected chi connectivity index (χ1v) is 7.04. The Hall–Kier alpha value is -1.23. The molecule has 2 N–H and O–H groups in total. The molecule has 21 heavy (non-hydrogen) atoms. The Balaban J connectivity index is 0.00000220. The van der Waals surface area contributed by atoms with Crippen molar-refractivity contribution in [2.75, 3.05) is 20.2 Å². The molecule has 1 aliphatic heterocycles. The molecule has 2 rings (SSSR count). The van der Waals surface area contributed by atoms with E-state index in [-0.39, 0.29) is 24.4 Å². The number of halogens is 2. The van der Waals surface area contributed by atoms with Crippen LogP contribution in [0.5, 0.6) is 5.75 Å². The van der Waals surface area contributed by atoms with Crippen LogP contribution in [0.25, 0.3) is 6.08 Å². The van der Waals surface area contributed by atoms with Gasteiger partial charge in [0.2, 0.25) is 5.91 Å². The summed E-state index contributed by atoms with van der Waals surface area (Å²) in [6.45, 7) is 1.39. The molecular weight excluding hydrogens is 311 g/mol. The molecule has 1 fully saturated rings. The highest BCUT2D eigenvalue weighted by Crippen LogP contribution is 2.24. The van der Waals surface area contributed by atoms with Gasteiger partial charge in [-0.05, 0) is 37.1 Å². The van der Waals surface area contributed by atoms with Crippen LogP contribution in [0, 0.1) is 0 Å². The van der Waals surface area contributed by atoms with E-state index in [0.717, 1.165) is 24.9 Å². The van der Waals surface area contributed by atoms with E-state index in [1.807, 2.05) is 0 Å². The van der Waals surface area contributed by atoms with Crippen LogP contribution in [0.3, 0.4) is 0 Å². The number of nitrogens with zero attached hydrogens (tertiary/aromatic N) is 1. The summed E-state index contributed by atoms with van der Waals surface area (Å²) in [4.78, 5) is 13.9. The third kappa shape index (κ3) is 4.92. The lowest BCUT2D eigenvalue weighted by Gasteiger charge is -2.29. The Bertz CT molecular complexity index is 520. The van der Waals surface area contributed by atoms with E-state index in [4.69, 9.17) is 22.1 Å². The highest BCUT2D eigenvalue weighted by atomic mass is 35.5. The number of benzene rings is 1. The summed E-state index contributed by atoms with van der Waals surface area (Å²) in [5, 5.41) is 0.609. The average Bonchev–Trinajstić information content (AvgIpc) is 2.45. The Labute approximate surface area is 136 Å². The van der Waals surface area contributed by atoms with Gasteiger partial charge in [-0.2, -0.15) is 0 Å². The second-order valence-electron chi connectivity index (χ2n) is 4.91. The summed E-state index contributed by atoms with van der Waals surface area (Å²) < 4.78 is 5.24. The zero-order chi connectivity index (χ0) is 14.5. The van der Waals surface area contributed by atoms with E-state index >= 15 is 0 Å². The standard InChI is InChI=1S/C15H19ClN2O2.ClH/c1-20-14-6-5-12(16)9-11(14)4-7-15(19)18-8-2-3-13(17)10-18;/h4-7,9,13H,2-3,8,10,17H2,1H3;1H. The molecule has 1 amide bonds. The smallest absolute Gasteiger partial charge is 0.246 e. The van der Waals surface area contributed by atoms with Crippen molar-refractivity contribution in [3.63, 3.8) is 0 Å². The summed E-state index contributed by atoms with van der Waals surface area (Å²) in [5.74, 6) is 0.663. The van der Waals surface area contributed by atoms with Gasteiger partial charge >= 0.3 is 0 Å². The second kappa shape index (κ2) is 8.27. The van der Waals surface area contributed by atoms with E-state index in [1.165, 1.54) is 0 Å². The van der Waals surface area contributed by atoms with Crippen LogP contribution in [-0.2, 0) is 4.79 Å². The molecule has 1 aromatic carbocycles. The Morgan fingerprint density at radius 1 is 1.52 bits per heavy atom. The van der Waals surface area contributed by atoms with Crippen LogP contribution in [0.15, 0.2) is 24.3 Å². The van der Waals surface area contributed by atoms with Gasteiger partial charge in [-0.15, -0.1) is 12.4 Å². The maximum absolute atomic E-state index is 12.1. The van der Waals surface area contributed by atoms with Crippen LogP contribution in [0.1, 0.15) is 18.4 Å². The molecule has 6 heteroatoms. The summed E-state index contributed by atoms with van der Waals surface area (Å²) in [5.41, 5.74) is 6.67. The van der Waals surface area contributed by atoms with Crippen LogP contribution in [-0.4, -0.2) is 37.0 Å². The molecular formula is C15H20Cl2N2O2. The Morgan fingerprint density at radius 3 is 2.95 bits per heavy atom.